The van der Waals surface area contributed by atoms with E-state index in [1.165, 1.54) is 26.3 Å². The Morgan fingerprint density at radius 2 is 2.08 bits per heavy atom. The predicted molar refractivity (Wildman–Crippen MR) is 133 cm³/mol. The molecule has 0 fully saturated rings. The number of sulfonamides is 1. The maximum Gasteiger partial charge on any atom is 0.414 e. The molecule has 11 heteroatoms. The monoisotopic (exact) mass is 516 g/mol. The fourth-order valence-electron chi connectivity index (χ4n) is 4.19. The number of hydrogen-bond acceptors (Lipinski definition) is 7. The molecule has 1 unspecified atom stereocenters. The number of hydrogen-bond donors (Lipinski definition) is 1. The van der Waals surface area contributed by atoms with Crippen LogP contribution in [0, 0.1) is 5.82 Å². The topological polar surface area (TPSA) is 114 Å². The van der Waals surface area contributed by atoms with Crippen LogP contribution in [0.3, 0.4) is 0 Å². The van der Waals surface area contributed by atoms with Crippen LogP contribution in [0.1, 0.15) is 57.1 Å². The molecule has 0 saturated carbocycles. The van der Waals surface area contributed by atoms with Gasteiger partial charge in [-0.25, -0.2) is 31.9 Å². The maximum atomic E-state index is 15.2. The number of halogens is 1. The molecule has 2 aromatic rings. The first-order chi connectivity index (χ1) is 16.8. The van der Waals surface area contributed by atoms with Gasteiger partial charge >= 0.3 is 6.09 Å². The van der Waals surface area contributed by atoms with Gasteiger partial charge in [0.25, 0.3) is 0 Å². The van der Waals surface area contributed by atoms with Crippen LogP contribution < -0.4 is 5.32 Å². The van der Waals surface area contributed by atoms with Crippen LogP contribution in [0.2, 0.25) is 0 Å². The molecule has 0 bridgehead atoms. The minimum Gasteiger partial charge on any atom is -0.445 e. The molecule has 1 amide bonds. The summed E-state index contributed by atoms with van der Waals surface area (Å²) < 4.78 is 52.7. The van der Waals surface area contributed by atoms with E-state index in [1.54, 1.807) is 39.1 Å². The highest BCUT2D eigenvalue weighted by molar-refractivity contribution is 7.89. The number of carbonyl (C=O) groups excluding carboxylic acids is 1. The van der Waals surface area contributed by atoms with E-state index in [4.69, 9.17) is 9.15 Å². The van der Waals surface area contributed by atoms with Crippen molar-refractivity contribution < 1.29 is 26.8 Å². The van der Waals surface area contributed by atoms with Gasteiger partial charge in [0.15, 0.2) is 0 Å². The van der Waals surface area contributed by atoms with Crippen molar-refractivity contribution in [3.05, 3.63) is 71.7 Å². The number of amides is 1. The van der Waals surface area contributed by atoms with Crippen LogP contribution in [0.15, 0.2) is 58.3 Å². The number of rotatable bonds is 3. The number of nitrogens with zero attached hydrogens (tertiary/aromatic N) is 3. The molecule has 36 heavy (non-hydrogen) atoms. The first kappa shape index (κ1) is 25.6. The molecule has 9 nitrogen and oxygen atoms in total. The normalized spacial score (nSPS) is 23.6. The molecule has 2 aliphatic rings. The Bertz CT molecular complexity index is 1360. The van der Waals surface area contributed by atoms with E-state index in [0.29, 0.717) is 12.3 Å². The highest BCUT2D eigenvalue weighted by Crippen LogP contribution is 2.38. The lowest BCUT2D eigenvalue weighted by Gasteiger charge is -2.36. The number of carbonyl (C=O) groups is 1. The minimum absolute atomic E-state index is 0.106. The Hall–Kier alpha value is -3.47. The third-order valence-electron chi connectivity index (χ3n) is 5.93. The van der Waals surface area contributed by atoms with Crippen LogP contribution in [0.4, 0.5) is 9.18 Å². The second-order valence-corrected chi connectivity index (χ2v) is 12.0. The Morgan fingerprint density at radius 3 is 2.75 bits per heavy atom. The summed E-state index contributed by atoms with van der Waals surface area (Å²) in [5, 5.41) is 2.40. The summed E-state index contributed by atoms with van der Waals surface area (Å²) >= 11 is 0. The van der Waals surface area contributed by atoms with Crippen LogP contribution in [0.25, 0.3) is 5.57 Å². The first-order valence-corrected chi connectivity index (χ1v) is 13.0. The largest absolute Gasteiger partial charge is 0.445 e. The molecule has 4 rings (SSSR count). The van der Waals surface area contributed by atoms with Gasteiger partial charge < -0.3 is 9.15 Å². The SMILES string of the molecule is CN1C(NC(=O)OC(C)(C)C)=N[C@](C)(c2cc(C3C=CC=C(c4ncco4)C3)ccc2F)CS1(=O)=O. The smallest absolute Gasteiger partial charge is 0.414 e. The summed E-state index contributed by atoms with van der Waals surface area (Å²) in [4.78, 5) is 21.0. The second-order valence-electron chi connectivity index (χ2n) is 10.0. The van der Waals surface area contributed by atoms with E-state index >= 15 is 4.39 Å². The number of allylic oxidation sites excluding steroid dienone is 4. The number of nitrogens with one attached hydrogen (secondary N) is 1. The Morgan fingerprint density at radius 1 is 1.33 bits per heavy atom. The zero-order chi connectivity index (χ0) is 26.3. The third kappa shape index (κ3) is 5.35. The second kappa shape index (κ2) is 9.20. The molecule has 2 atom stereocenters. The number of benzene rings is 1. The molecular formula is C25H29FN4O5S. The summed E-state index contributed by atoms with van der Waals surface area (Å²) in [6, 6.07) is 4.62. The lowest BCUT2D eigenvalue weighted by atomic mass is 9.84. The summed E-state index contributed by atoms with van der Waals surface area (Å²) in [7, 11) is -2.65. The quantitative estimate of drug-likeness (QED) is 0.650. The van der Waals surface area contributed by atoms with Crippen LogP contribution >= 0.6 is 0 Å². The fraction of sp³-hybridized carbons (Fsp3) is 0.400. The van der Waals surface area contributed by atoms with Gasteiger partial charge in [0.1, 0.15) is 23.2 Å². The molecule has 1 aliphatic carbocycles. The van der Waals surface area contributed by atoms with Crippen LogP contribution in [0.5, 0.6) is 0 Å². The van der Waals surface area contributed by atoms with Crippen molar-refractivity contribution in [3.63, 3.8) is 0 Å². The summed E-state index contributed by atoms with van der Waals surface area (Å²) in [5.74, 6) is -0.897. The average molecular weight is 517 g/mol. The van der Waals surface area contributed by atoms with Gasteiger partial charge in [0.2, 0.25) is 21.9 Å². The van der Waals surface area contributed by atoms with Crippen molar-refractivity contribution >= 4 is 27.6 Å². The van der Waals surface area contributed by atoms with E-state index in [9.17, 15) is 13.2 Å². The summed E-state index contributed by atoms with van der Waals surface area (Å²) in [6.45, 7) is 6.58. The maximum absolute atomic E-state index is 15.2. The standard InChI is InChI=1S/C25H29FN4O5S/c1-24(2,3)35-23(31)28-22-29-25(4,15-36(32,33)30(22)5)19-14-17(9-10-20(19)26)16-7-6-8-18(13-16)21-27-11-12-34-21/h6-12,14,16H,13,15H2,1-5H3,(H,28,29,31)/t16?,25-/m0/s1. The molecule has 1 aromatic heterocycles. The molecule has 0 radical (unpaired) electrons. The predicted octanol–water partition coefficient (Wildman–Crippen LogP) is 4.31. The van der Waals surface area contributed by atoms with Crippen molar-refractivity contribution in [2.24, 2.45) is 4.99 Å². The van der Waals surface area contributed by atoms with Gasteiger partial charge in [-0.05, 0) is 51.8 Å². The zero-order valence-corrected chi connectivity index (χ0v) is 21.6. The average Bonchev–Trinajstić information content (AvgIpc) is 3.31. The number of ether oxygens (including phenoxy) is 1. The number of guanidine groups is 1. The van der Waals surface area contributed by atoms with E-state index in [1.807, 2.05) is 18.2 Å². The lowest BCUT2D eigenvalue weighted by Crippen LogP contribution is -2.54. The highest BCUT2D eigenvalue weighted by Gasteiger charge is 2.43. The van der Waals surface area contributed by atoms with Crippen molar-refractivity contribution in [3.8, 4) is 0 Å². The molecule has 1 aliphatic heterocycles. The van der Waals surface area contributed by atoms with E-state index < -0.39 is 38.8 Å². The van der Waals surface area contributed by atoms with Crippen molar-refractivity contribution in [1.82, 2.24) is 14.6 Å². The first-order valence-electron chi connectivity index (χ1n) is 11.4. The number of alkyl carbamates (subject to hydrolysis) is 1. The highest BCUT2D eigenvalue weighted by atomic mass is 32.2. The van der Waals surface area contributed by atoms with E-state index in [-0.39, 0.29) is 17.4 Å². The van der Waals surface area contributed by atoms with Gasteiger partial charge in [-0.1, -0.05) is 24.3 Å². The van der Waals surface area contributed by atoms with Crippen molar-refractivity contribution in [1.29, 1.82) is 0 Å². The third-order valence-corrected chi connectivity index (χ3v) is 7.87. The van der Waals surface area contributed by atoms with E-state index in [2.05, 4.69) is 15.3 Å². The Labute approximate surface area is 209 Å². The fourth-order valence-corrected chi connectivity index (χ4v) is 5.67. The van der Waals surface area contributed by atoms with Crippen molar-refractivity contribution in [2.45, 2.75) is 51.2 Å². The molecule has 0 spiro atoms. The number of aromatic nitrogens is 1. The molecule has 0 saturated heterocycles. The van der Waals surface area contributed by atoms with E-state index in [0.717, 1.165) is 15.4 Å². The Kier molecular flexibility index (Phi) is 6.54. The molecule has 2 heterocycles. The Balaban J connectivity index is 1.68. The van der Waals surface area contributed by atoms with Gasteiger partial charge in [0, 0.05) is 24.1 Å². The molecule has 192 valence electrons. The van der Waals surface area contributed by atoms with Gasteiger partial charge in [-0.2, -0.15) is 0 Å². The van der Waals surface area contributed by atoms with Crippen LogP contribution in [-0.4, -0.2) is 48.2 Å². The molecule has 1 aromatic carbocycles. The van der Waals surface area contributed by atoms with Crippen LogP contribution in [-0.2, 0) is 20.3 Å². The minimum atomic E-state index is -3.93. The molecular weight excluding hydrogens is 487 g/mol. The number of aliphatic imine (C=N–C) groups is 1. The summed E-state index contributed by atoms with van der Waals surface area (Å²) in [6.07, 6.45) is 8.57. The number of oxazole rings is 1. The van der Waals surface area contributed by atoms with Gasteiger partial charge in [-0.15, -0.1) is 0 Å². The lowest BCUT2D eigenvalue weighted by molar-refractivity contribution is 0.0559. The van der Waals surface area contributed by atoms with Gasteiger partial charge in [0.05, 0.1) is 11.9 Å². The van der Waals surface area contributed by atoms with Gasteiger partial charge in [-0.3, -0.25) is 5.32 Å². The zero-order valence-electron chi connectivity index (χ0n) is 20.8. The van der Waals surface area contributed by atoms with Crippen molar-refractivity contribution in [2.75, 3.05) is 12.8 Å². The molecule has 1 N–H and O–H groups in total. The summed E-state index contributed by atoms with van der Waals surface area (Å²) in [5.41, 5.74) is -0.495.